The van der Waals surface area contributed by atoms with E-state index in [4.69, 9.17) is 9.47 Å². The molecule has 2 aromatic carbocycles. The van der Waals surface area contributed by atoms with Gasteiger partial charge in [-0.2, -0.15) is 10.4 Å². The van der Waals surface area contributed by atoms with Crippen molar-refractivity contribution in [3.8, 4) is 11.8 Å². The first-order chi connectivity index (χ1) is 16.0. The van der Waals surface area contributed by atoms with Crippen molar-refractivity contribution in [2.45, 2.75) is 44.6 Å². The molecule has 0 radical (unpaired) electrons. The van der Waals surface area contributed by atoms with Crippen molar-refractivity contribution in [3.63, 3.8) is 0 Å². The molecular weight excluding hydrogens is 436 g/mol. The van der Waals surface area contributed by atoms with Gasteiger partial charge < -0.3 is 14.8 Å². The molecule has 1 aliphatic rings. The summed E-state index contributed by atoms with van der Waals surface area (Å²) in [7, 11) is 1.51. The van der Waals surface area contributed by atoms with Gasteiger partial charge >= 0.3 is 0 Å². The van der Waals surface area contributed by atoms with Crippen molar-refractivity contribution in [2.24, 2.45) is 10.2 Å². The molecular formula is C25H28N4O3S. The number of methoxy groups -OCH3 is 1. The van der Waals surface area contributed by atoms with Crippen LogP contribution in [0.4, 0.5) is 0 Å². The molecule has 0 aliphatic heterocycles. The van der Waals surface area contributed by atoms with Gasteiger partial charge in [-0.15, -0.1) is 5.10 Å². The summed E-state index contributed by atoms with van der Waals surface area (Å²) in [6.45, 7) is 7.40. The summed E-state index contributed by atoms with van der Waals surface area (Å²) in [6.07, 6.45) is 1.74. The Balaban J connectivity index is 1.78. The Labute approximate surface area is 198 Å². The van der Waals surface area contributed by atoms with E-state index in [1.54, 1.807) is 12.1 Å². The smallest absolute Gasteiger partial charge is 0.246 e. The highest BCUT2D eigenvalue weighted by Gasteiger charge is 2.26. The van der Waals surface area contributed by atoms with Gasteiger partial charge in [-0.05, 0) is 61.6 Å². The largest absolute Gasteiger partial charge is 0.490 e. The fourth-order valence-electron chi connectivity index (χ4n) is 3.87. The fourth-order valence-corrected chi connectivity index (χ4v) is 4.84. The predicted molar refractivity (Wildman–Crippen MR) is 132 cm³/mol. The molecule has 1 aliphatic carbocycles. The van der Waals surface area contributed by atoms with Gasteiger partial charge in [0.25, 0.3) is 0 Å². The number of carbonyl (C=O) groups is 1. The lowest BCUT2D eigenvalue weighted by Gasteiger charge is -2.15. The van der Waals surface area contributed by atoms with Crippen molar-refractivity contribution in [1.82, 2.24) is 5.32 Å². The molecule has 33 heavy (non-hydrogen) atoms. The van der Waals surface area contributed by atoms with Crippen LogP contribution in [0, 0.1) is 11.3 Å². The normalized spacial score (nSPS) is 15.1. The van der Waals surface area contributed by atoms with Crippen LogP contribution in [0.2, 0.25) is 0 Å². The topological polar surface area (TPSA) is 96.1 Å². The van der Waals surface area contributed by atoms with Crippen LogP contribution in [0.5, 0.6) is 5.75 Å². The van der Waals surface area contributed by atoms with Gasteiger partial charge in [0.05, 0.1) is 17.7 Å². The number of ether oxygens (including phenoxy) is 2. The fraction of sp³-hybridized carbons (Fsp3) is 0.360. The lowest BCUT2D eigenvalue weighted by Crippen LogP contribution is -2.30. The molecule has 7 nitrogen and oxygen atoms in total. The van der Waals surface area contributed by atoms with Crippen LogP contribution in [0.1, 0.15) is 54.1 Å². The molecule has 2 aromatic rings. The molecule has 0 aromatic heterocycles. The van der Waals surface area contributed by atoms with Gasteiger partial charge in [-0.25, -0.2) is 0 Å². The molecule has 1 amide bonds. The molecule has 0 heterocycles. The molecule has 3 rings (SSSR count). The second-order valence-electron chi connectivity index (χ2n) is 7.90. The maximum Gasteiger partial charge on any atom is 0.246 e. The molecule has 0 saturated heterocycles. The van der Waals surface area contributed by atoms with Gasteiger partial charge in [-0.1, -0.05) is 30.0 Å². The van der Waals surface area contributed by atoms with Gasteiger partial charge in [0, 0.05) is 25.1 Å². The number of nitriles is 1. The zero-order valence-corrected chi connectivity index (χ0v) is 19.9. The summed E-state index contributed by atoms with van der Waals surface area (Å²) in [6, 6.07) is 13.8. The third-order valence-corrected chi connectivity index (χ3v) is 6.26. The summed E-state index contributed by atoms with van der Waals surface area (Å²) in [5.41, 5.74) is 4.85. The van der Waals surface area contributed by atoms with Crippen molar-refractivity contribution >= 4 is 29.4 Å². The zero-order chi connectivity index (χ0) is 23.8. The van der Waals surface area contributed by atoms with Gasteiger partial charge in [-0.3, -0.25) is 4.79 Å². The van der Waals surface area contributed by atoms with E-state index in [9.17, 15) is 10.1 Å². The minimum absolute atomic E-state index is 0.00210. The Morgan fingerprint density at radius 1 is 1.36 bits per heavy atom. The van der Waals surface area contributed by atoms with E-state index < -0.39 is 0 Å². The summed E-state index contributed by atoms with van der Waals surface area (Å²) in [4.78, 5) is 12.0. The molecule has 8 heteroatoms. The summed E-state index contributed by atoms with van der Waals surface area (Å²) in [5, 5.41) is 21.2. The highest BCUT2D eigenvalue weighted by atomic mass is 32.2. The van der Waals surface area contributed by atoms with Crippen molar-refractivity contribution in [1.29, 1.82) is 5.26 Å². The van der Waals surface area contributed by atoms with Crippen LogP contribution in [-0.2, 0) is 21.7 Å². The highest BCUT2D eigenvalue weighted by molar-refractivity contribution is 8.13. The standard InChI is InChI=1S/C25H28N4O3S/c1-16(2)32-23-11-8-17(12-19(23)13-26)25(29-27-3)33-15-18-6-5-7-21-20(18)9-10-22(21)28-24(30)14-31-4/h5-8,11-12,16,22H,3,9-10,14-15H2,1-2,4H3,(H,28,30)/b29-25-. The predicted octanol–water partition coefficient (Wildman–Crippen LogP) is 4.39. The van der Waals surface area contributed by atoms with Gasteiger partial charge in [0.1, 0.15) is 23.5 Å². The Kier molecular flexibility index (Phi) is 8.64. The number of rotatable bonds is 9. The summed E-state index contributed by atoms with van der Waals surface area (Å²) < 4.78 is 10.6. The van der Waals surface area contributed by atoms with E-state index in [0.29, 0.717) is 22.1 Å². The van der Waals surface area contributed by atoms with E-state index in [2.05, 4.69) is 40.4 Å². The molecule has 0 spiro atoms. The number of amides is 1. The quantitative estimate of drug-likeness (QED) is 0.337. The minimum Gasteiger partial charge on any atom is -0.490 e. The first kappa shape index (κ1) is 24.5. The van der Waals surface area contributed by atoms with Crippen LogP contribution in [0.3, 0.4) is 0 Å². The van der Waals surface area contributed by atoms with Crippen molar-refractivity contribution < 1.29 is 14.3 Å². The molecule has 1 atom stereocenters. The first-order valence-electron chi connectivity index (χ1n) is 10.7. The van der Waals surface area contributed by atoms with E-state index in [-0.39, 0.29) is 24.7 Å². The number of hydrogen-bond acceptors (Lipinski definition) is 7. The van der Waals surface area contributed by atoms with E-state index in [1.807, 2.05) is 26.0 Å². The number of nitrogens with one attached hydrogen (secondary N) is 1. The van der Waals surface area contributed by atoms with E-state index in [0.717, 1.165) is 24.0 Å². The molecule has 1 N–H and O–H groups in total. The van der Waals surface area contributed by atoms with Gasteiger partial charge in [0.2, 0.25) is 5.91 Å². The van der Waals surface area contributed by atoms with E-state index in [1.165, 1.54) is 30.0 Å². The van der Waals surface area contributed by atoms with Crippen LogP contribution in [0.15, 0.2) is 46.6 Å². The minimum atomic E-state index is -0.111. The summed E-state index contributed by atoms with van der Waals surface area (Å²) in [5.74, 6) is 1.12. The number of carbonyl (C=O) groups excluding carboxylic acids is 1. The van der Waals surface area contributed by atoms with Crippen LogP contribution in [-0.4, -0.2) is 37.5 Å². The highest BCUT2D eigenvalue weighted by Crippen LogP contribution is 2.35. The van der Waals surface area contributed by atoms with Gasteiger partial charge in [0.15, 0.2) is 0 Å². The lowest BCUT2D eigenvalue weighted by atomic mass is 10.0. The molecule has 1 unspecified atom stereocenters. The Hall–Kier alpha value is -3.15. The second-order valence-corrected chi connectivity index (χ2v) is 8.87. The monoisotopic (exact) mass is 464 g/mol. The second kappa shape index (κ2) is 11.6. The third kappa shape index (κ3) is 6.21. The Bertz CT molecular complexity index is 1090. The molecule has 0 saturated carbocycles. The lowest BCUT2D eigenvalue weighted by molar-refractivity contribution is -0.125. The van der Waals surface area contributed by atoms with Crippen LogP contribution < -0.4 is 10.1 Å². The van der Waals surface area contributed by atoms with Crippen molar-refractivity contribution in [2.75, 3.05) is 13.7 Å². The number of thioether (sulfide) groups is 1. The van der Waals surface area contributed by atoms with Crippen molar-refractivity contribution in [3.05, 3.63) is 64.2 Å². The zero-order valence-electron chi connectivity index (χ0n) is 19.1. The number of hydrogen-bond donors (Lipinski definition) is 1. The Morgan fingerprint density at radius 2 is 2.18 bits per heavy atom. The number of nitrogens with zero attached hydrogens (tertiary/aromatic N) is 3. The maximum absolute atomic E-state index is 12.0. The average molecular weight is 465 g/mol. The maximum atomic E-state index is 12.0. The molecule has 172 valence electrons. The first-order valence-corrected chi connectivity index (χ1v) is 11.7. The Morgan fingerprint density at radius 3 is 2.88 bits per heavy atom. The van der Waals surface area contributed by atoms with Crippen LogP contribution >= 0.6 is 11.8 Å². The summed E-state index contributed by atoms with van der Waals surface area (Å²) >= 11 is 1.54. The third-order valence-electron chi connectivity index (χ3n) is 5.21. The average Bonchev–Trinajstić information content (AvgIpc) is 3.20. The SMILES string of the molecule is C=N/N=C(\SCc1cccc2c1CCC2NC(=O)COC)c1ccc(OC(C)C)c(C#N)c1. The molecule has 0 fully saturated rings. The van der Waals surface area contributed by atoms with Crippen LogP contribution in [0.25, 0.3) is 0 Å². The van der Waals surface area contributed by atoms with E-state index >= 15 is 0 Å². The molecule has 0 bridgehead atoms. The number of fused-ring (bicyclic) bond motifs is 1. The number of benzene rings is 2.